The predicted octanol–water partition coefficient (Wildman–Crippen LogP) is 4.89. The Bertz CT molecular complexity index is 247. The van der Waals surface area contributed by atoms with E-state index in [1.165, 1.54) is 0 Å². The largest absolute Gasteiger partial charge is 0.461 e. The molecule has 0 saturated heterocycles. The first-order valence-electron chi connectivity index (χ1n) is 6.21. The van der Waals surface area contributed by atoms with Crippen molar-refractivity contribution in [2.24, 2.45) is 0 Å². The molecule has 0 heterocycles. The molecule has 0 aromatic rings. The van der Waals surface area contributed by atoms with Crippen molar-refractivity contribution in [1.82, 2.24) is 0 Å². The molecule has 0 amide bonds. The van der Waals surface area contributed by atoms with E-state index in [-0.39, 0.29) is 6.42 Å². The number of halogens is 5. The van der Waals surface area contributed by atoms with Crippen molar-refractivity contribution < 1.29 is 26.7 Å². The lowest BCUT2D eigenvalue weighted by molar-refractivity contribution is -0.268. The number of rotatable bonds is 9. The first kappa shape index (κ1) is 17.3. The quantitative estimate of drug-likeness (QED) is 0.432. The minimum absolute atomic E-state index is 0.0939. The van der Waals surface area contributed by atoms with Gasteiger partial charge in [0.05, 0.1) is 0 Å². The highest BCUT2D eigenvalue weighted by molar-refractivity contribution is 5.86. The number of hydrogen-bond donors (Lipinski definition) is 0. The summed E-state index contributed by atoms with van der Waals surface area (Å²) < 4.78 is 60.5. The Morgan fingerprint density at radius 3 is 1.72 bits per heavy atom. The van der Waals surface area contributed by atoms with E-state index < -0.39 is 24.3 Å². The molecule has 0 atom stereocenters. The van der Waals surface area contributed by atoms with Crippen molar-refractivity contribution in [2.45, 2.75) is 70.4 Å². The third-order valence-corrected chi connectivity index (χ3v) is 2.71. The minimum atomic E-state index is -5.77. The second-order valence-electron chi connectivity index (χ2n) is 4.37. The summed E-state index contributed by atoms with van der Waals surface area (Å²) in [7, 11) is 0. The number of ketones is 1. The Morgan fingerprint density at radius 2 is 1.28 bits per heavy atom. The van der Waals surface area contributed by atoms with Gasteiger partial charge in [0.2, 0.25) is 5.78 Å². The van der Waals surface area contributed by atoms with Crippen LogP contribution in [0.4, 0.5) is 22.0 Å². The van der Waals surface area contributed by atoms with Gasteiger partial charge >= 0.3 is 12.1 Å². The number of unbranched alkanes of at least 4 members (excludes halogenated alkanes) is 6. The van der Waals surface area contributed by atoms with Crippen LogP contribution in [0.2, 0.25) is 0 Å². The zero-order valence-corrected chi connectivity index (χ0v) is 10.5. The molecule has 18 heavy (non-hydrogen) atoms. The van der Waals surface area contributed by atoms with Crippen LogP contribution in [0.1, 0.15) is 58.3 Å². The molecular weight excluding hydrogens is 255 g/mol. The predicted molar refractivity (Wildman–Crippen MR) is 58.6 cm³/mol. The van der Waals surface area contributed by atoms with Crippen LogP contribution in [0.25, 0.3) is 0 Å². The molecule has 0 unspecified atom stereocenters. The Morgan fingerprint density at radius 1 is 0.833 bits per heavy atom. The number of Topliss-reactive ketones (excluding diaryl/α,β-unsaturated/α-hetero) is 1. The van der Waals surface area contributed by atoms with Crippen LogP contribution in [-0.4, -0.2) is 17.9 Å². The van der Waals surface area contributed by atoms with Gasteiger partial charge in [-0.2, -0.15) is 22.0 Å². The van der Waals surface area contributed by atoms with E-state index in [1.807, 2.05) is 0 Å². The number of carbonyl (C=O) groups is 1. The van der Waals surface area contributed by atoms with Crippen LogP contribution in [0.5, 0.6) is 0 Å². The van der Waals surface area contributed by atoms with E-state index in [0.717, 1.165) is 32.1 Å². The highest BCUT2D eigenvalue weighted by Gasteiger charge is 2.62. The molecule has 0 aromatic carbocycles. The van der Waals surface area contributed by atoms with Gasteiger partial charge in [-0.25, -0.2) is 0 Å². The second kappa shape index (κ2) is 7.69. The standard InChI is InChI=1S/C12H19F5O/c1-2-3-4-5-6-7-8-9-10(18)11(13,14)12(15,16)17/h2-9H2,1H3. The fourth-order valence-electron chi connectivity index (χ4n) is 1.56. The van der Waals surface area contributed by atoms with Crippen LogP contribution >= 0.6 is 0 Å². The third-order valence-electron chi connectivity index (χ3n) is 2.71. The Hall–Kier alpha value is -0.680. The number of alkyl halides is 5. The average Bonchev–Trinajstić information content (AvgIpc) is 2.26. The first-order valence-corrected chi connectivity index (χ1v) is 6.21. The molecule has 0 aliphatic heterocycles. The summed E-state index contributed by atoms with van der Waals surface area (Å²) >= 11 is 0. The van der Waals surface area contributed by atoms with E-state index in [0.29, 0.717) is 6.42 Å². The Kier molecular flexibility index (Phi) is 7.40. The van der Waals surface area contributed by atoms with Gasteiger partial charge in [-0.05, 0) is 6.42 Å². The van der Waals surface area contributed by atoms with Crippen molar-refractivity contribution >= 4 is 5.78 Å². The van der Waals surface area contributed by atoms with Gasteiger partial charge in [0.25, 0.3) is 0 Å². The van der Waals surface area contributed by atoms with Crippen LogP contribution in [0, 0.1) is 0 Å². The summed E-state index contributed by atoms with van der Waals surface area (Å²) in [6, 6.07) is 0. The fraction of sp³-hybridized carbons (Fsp3) is 0.917. The van der Waals surface area contributed by atoms with Crippen molar-refractivity contribution in [3.8, 4) is 0 Å². The minimum Gasteiger partial charge on any atom is -0.293 e. The smallest absolute Gasteiger partial charge is 0.293 e. The van der Waals surface area contributed by atoms with Gasteiger partial charge in [-0.1, -0.05) is 45.4 Å². The molecule has 6 heteroatoms. The lowest BCUT2D eigenvalue weighted by Gasteiger charge is -2.17. The Labute approximate surface area is 104 Å². The molecule has 0 spiro atoms. The van der Waals surface area contributed by atoms with Gasteiger partial charge < -0.3 is 0 Å². The van der Waals surface area contributed by atoms with Gasteiger partial charge in [-0.15, -0.1) is 0 Å². The van der Waals surface area contributed by atoms with E-state index >= 15 is 0 Å². The first-order chi connectivity index (χ1) is 8.23. The zero-order chi connectivity index (χ0) is 14.2. The molecule has 0 rings (SSSR count). The van der Waals surface area contributed by atoms with Crippen LogP contribution < -0.4 is 0 Å². The van der Waals surface area contributed by atoms with Gasteiger partial charge in [0.15, 0.2) is 0 Å². The normalized spacial score (nSPS) is 12.8. The fourth-order valence-corrected chi connectivity index (χ4v) is 1.56. The van der Waals surface area contributed by atoms with E-state index in [4.69, 9.17) is 0 Å². The molecule has 0 aromatic heterocycles. The maximum Gasteiger partial charge on any atom is 0.461 e. The maximum atomic E-state index is 12.5. The van der Waals surface area contributed by atoms with E-state index in [9.17, 15) is 26.7 Å². The molecule has 0 N–H and O–H groups in total. The average molecular weight is 274 g/mol. The molecule has 0 aliphatic carbocycles. The molecule has 0 saturated carbocycles. The zero-order valence-electron chi connectivity index (χ0n) is 10.5. The van der Waals surface area contributed by atoms with Gasteiger partial charge in [-0.3, -0.25) is 4.79 Å². The van der Waals surface area contributed by atoms with Crippen molar-refractivity contribution in [2.75, 3.05) is 0 Å². The van der Waals surface area contributed by atoms with E-state index in [2.05, 4.69) is 6.92 Å². The highest BCUT2D eigenvalue weighted by Crippen LogP contribution is 2.37. The highest BCUT2D eigenvalue weighted by atomic mass is 19.4. The van der Waals surface area contributed by atoms with Gasteiger partial charge in [0, 0.05) is 6.42 Å². The van der Waals surface area contributed by atoms with Crippen molar-refractivity contribution in [1.29, 1.82) is 0 Å². The molecular formula is C12H19F5O. The van der Waals surface area contributed by atoms with Crippen molar-refractivity contribution in [3.05, 3.63) is 0 Å². The molecule has 0 fully saturated rings. The number of carbonyl (C=O) groups excluding carboxylic acids is 1. The molecule has 0 radical (unpaired) electrons. The molecule has 0 aliphatic rings. The monoisotopic (exact) mass is 274 g/mol. The van der Waals surface area contributed by atoms with E-state index in [1.54, 1.807) is 0 Å². The van der Waals surface area contributed by atoms with Gasteiger partial charge in [0.1, 0.15) is 0 Å². The third kappa shape index (κ3) is 5.78. The lowest BCUT2D eigenvalue weighted by Crippen LogP contribution is -2.43. The summed E-state index contributed by atoms with van der Waals surface area (Å²) in [6.07, 6.45) is -0.974. The molecule has 0 bridgehead atoms. The van der Waals surface area contributed by atoms with Crippen molar-refractivity contribution in [3.63, 3.8) is 0 Å². The summed E-state index contributed by atoms with van der Waals surface area (Å²) in [5.74, 6) is -7.22. The van der Waals surface area contributed by atoms with Crippen LogP contribution in [0.15, 0.2) is 0 Å². The summed E-state index contributed by atoms with van der Waals surface area (Å²) in [5, 5.41) is 0. The lowest BCUT2D eigenvalue weighted by atomic mass is 10.0. The van der Waals surface area contributed by atoms with Crippen LogP contribution in [-0.2, 0) is 4.79 Å². The number of hydrogen-bond acceptors (Lipinski definition) is 1. The molecule has 108 valence electrons. The maximum absolute atomic E-state index is 12.5. The Balaban J connectivity index is 3.78. The SMILES string of the molecule is CCCCCCCCCC(=O)C(F)(F)C(F)(F)F. The summed E-state index contributed by atoms with van der Waals surface area (Å²) in [5.41, 5.74) is 0. The second-order valence-corrected chi connectivity index (χ2v) is 4.37. The molecule has 1 nitrogen and oxygen atoms in total. The topological polar surface area (TPSA) is 17.1 Å². The summed E-state index contributed by atoms with van der Waals surface area (Å²) in [6.45, 7) is 2.05. The van der Waals surface area contributed by atoms with Crippen LogP contribution in [0.3, 0.4) is 0 Å². The summed E-state index contributed by atoms with van der Waals surface area (Å²) in [4.78, 5) is 10.8.